The van der Waals surface area contributed by atoms with Gasteiger partial charge in [-0.05, 0) is 24.2 Å². The molecule has 2 aliphatic rings. The molecule has 0 radical (unpaired) electrons. The Morgan fingerprint density at radius 1 is 1.31 bits per heavy atom. The van der Waals surface area contributed by atoms with Gasteiger partial charge >= 0.3 is 0 Å². The molecule has 6 nitrogen and oxygen atoms in total. The monoisotopic (exact) mass is 394 g/mol. The summed E-state index contributed by atoms with van der Waals surface area (Å²) in [5.41, 5.74) is 1.15. The maximum Gasteiger partial charge on any atom is 0.166 e. The van der Waals surface area contributed by atoms with E-state index < -0.39 is 12.2 Å². The average molecular weight is 395 g/mol. The summed E-state index contributed by atoms with van der Waals surface area (Å²) < 4.78 is 0. The zero-order chi connectivity index (χ0) is 18.5. The van der Waals surface area contributed by atoms with Gasteiger partial charge in [0, 0.05) is 18.8 Å². The van der Waals surface area contributed by atoms with Crippen molar-refractivity contribution in [3.8, 4) is 0 Å². The summed E-state index contributed by atoms with van der Waals surface area (Å²) >= 11 is 6.92. The number of benzene rings is 1. The van der Waals surface area contributed by atoms with E-state index in [0.717, 1.165) is 29.4 Å². The molecule has 0 aliphatic carbocycles. The molecule has 2 saturated heterocycles. The van der Waals surface area contributed by atoms with Crippen molar-refractivity contribution in [1.82, 2.24) is 15.5 Å². The largest absolute Gasteiger partial charge is 0.388 e. The molecule has 1 aromatic rings. The highest BCUT2D eigenvalue weighted by Crippen LogP contribution is 2.32. The van der Waals surface area contributed by atoms with Gasteiger partial charge in [-0.1, -0.05) is 49.0 Å². The Labute approximate surface area is 164 Å². The van der Waals surface area contributed by atoms with Crippen LogP contribution in [0.2, 0.25) is 0 Å². The van der Waals surface area contributed by atoms with Crippen LogP contribution in [0, 0.1) is 0 Å². The second-order valence-corrected chi connectivity index (χ2v) is 8.00. The molecule has 3 rings (SSSR count). The first kappa shape index (κ1) is 19.4. The number of nitrogens with one attached hydrogen (secondary N) is 2. The molecule has 1 aromatic carbocycles. The number of aliphatic imine (C=N–C) groups is 1. The molecule has 2 fully saturated rings. The number of hydrogen-bond acceptors (Lipinski definition) is 5. The molecular weight excluding hydrogens is 368 g/mol. The van der Waals surface area contributed by atoms with Crippen LogP contribution in [-0.4, -0.2) is 68.5 Å². The van der Waals surface area contributed by atoms with Crippen LogP contribution < -0.4 is 10.6 Å². The lowest BCUT2D eigenvalue weighted by molar-refractivity contribution is -0.0622. The number of aliphatic hydroxyl groups is 2. The van der Waals surface area contributed by atoms with Gasteiger partial charge in [-0.25, -0.2) is 0 Å². The lowest BCUT2D eigenvalue weighted by Crippen LogP contribution is -2.65. The van der Waals surface area contributed by atoms with Crippen molar-refractivity contribution in [3.05, 3.63) is 35.9 Å². The molecule has 4 N–H and O–H groups in total. The predicted octanol–water partition coefficient (Wildman–Crippen LogP) is 0.938. The van der Waals surface area contributed by atoms with Crippen molar-refractivity contribution < 1.29 is 10.2 Å². The van der Waals surface area contributed by atoms with Crippen molar-refractivity contribution in [2.45, 2.75) is 44.2 Å². The SMILES string of the molecule is CCCNC(=S)N[C@H]1CN2C(=NCc3ccccc3)SC[C@@H]2[C@@H](O)[C@@H]1O. The Morgan fingerprint density at radius 2 is 2.08 bits per heavy atom. The number of thiocarbonyl (C=S) groups is 1. The van der Waals surface area contributed by atoms with Crippen LogP contribution in [0.15, 0.2) is 35.3 Å². The van der Waals surface area contributed by atoms with E-state index in [-0.39, 0.29) is 12.1 Å². The summed E-state index contributed by atoms with van der Waals surface area (Å²) in [7, 11) is 0. The molecule has 0 bridgehead atoms. The Hall–Kier alpha value is -1.35. The molecule has 8 heteroatoms. The first-order chi connectivity index (χ1) is 12.6. The van der Waals surface area contributed by atoms with E-state index in [1.165, 1.54) is 0 Å². The van der Waals surface area contributed by atoms with Crippen LogP contribution in [0.3, 0.4) is 0 Å². The van der Waals surface area contributed by atoms with Crippen LogP contribution in [0.5, 0.6) is 0 Å². The van der Waals surface area contributed by atoms with Crippen LogP contribution in [-0.2, 0) is 6.54 Å². The number of hydrogen-bond donors (Lipinski definition) is 4. The van der Waals surface area contributed by atoms with Gasteiger partial charge in [-0.3, -0.25) is 4.99 Å². The van der Waals surface area contributed by atoms with Crippen molar-refractivity contribution in [2.24, 2.45) is 4.99 Å². The van der Waals surface area contributed by atoms with Gasteiger partial charge in [-0.2, -0.15) is 0 Å². The molecule has 0 spiro atoms. The molecule has 0 unspecified atom stereocenters. The van der Waals surface area contributed by atoms with Gasteiger partial charge in [0.2, 0.25) is 0 Å². The van der Waals surface area contributed by atoms with Gasteiger partial charge in [0.25, 0.3) is 0 Å². The van der Waals surface area contributed by atoms with Gasteiger partial charge in [-0.15, -0.1) is 0 Å². The van der Waals surface area contributed by atoms with Crippen molar-refractivity contribution >= 4 is 34.3 Å². The highest BCUT2D eigenvalue weighted by Gasteiger charge is 2.46. The van der Waals surface area contributed by atoms with Crippen molar-refractivity contribution in [3.63, 3.8) is 0 Å². The van der Waals surface area contributed by atoms with Crippen LogP contribution in [0.25, 0.3) is 0 Å². The Bertz CT molecular complexity index is 643. The Morgan fingerprint density at radius 3 is 2.81 bits per heavy atom. The molecule has 0 aromatic heterocycles. The summed E-state index contributed by atoms with van der Waals surface area (Å²) in [4.78, 5) is 6.84. The quantitative estimate of drug-likeness (QED) is 0.554. The number of fused-ring (bicyclic) bond motifs is 1. The van der Waals surface area contributed by atoms with E-state index in [9.17, 15) is 10.2 Å². The van der Waals surface area contributed by atoms with E-state index in [1.54, 1.807) is 11.8 Å². The summed E-state index contributed by atoms with van der Waals surface area (Å²) in [6.45, 7) is 4.02. The number of piperidine rings is 1. The normalized spacial score (nSPS) is 29.5. The maximum atomic E-state index is 10.5. The topological polar surface area (TPSA) is 80.1 Å². The summed E-state index contributed by atoms with van der Waals surface area (Å²) in [6, 6.07) is 9.66. The molecule has 2 aliphatic heterocycles. The van der Waals surface area contributed by atoms with Crippen LogP contribution in [0.1, 0.15) is 18.9 Å². The molecular formula is C18H26N4O2S2. The number of nitrogens with zero attached hydrogens (tertiary/aromatic N) is 2. The fraction of sp³-hybridized carbons (Fsp3) is 0.556. The standard InChI is InChI=1S/C18H26N4O2S2/c1-2-8-19-17(25)21-13-10-22-14(16(24)15(13)23)11-26-18(22)20-9-12-6-4-3-5-7-12/h3-7,13-16,23-24H,2,8-11H2,1H3,(H2,19,21,25)/t13-,14+,15+,16+/m0/s1. The van der Waals surface area contributed by atoms with Gasteiger partial charge in [0.05, 0.1) is 18.6 Å². The molecule has 0 amide bonds. The Balaban J connectivity index is 1.67. The van der Waals surface area contributed by atoms with E-state index in [2.05, 4.69) is 34.6 Å². The third-order valence-corrected chi connectivity index (χ3v) is 6.06. The average Bonchev–Trinajstić information content (AvgIpc) is 3.06. The third-order valence-electron chi connectivity index (χ3n) is 4.67. The number of aliphatic hydroxyl groups excluding tert-OH is 2. The lowest BCUT2D eigenvalue weighted by Gasteiger charge is -2.43. The molecule has 26 heavy (non-hydrogen) atoms. The minimum Gasteiger partial charge on any atom is -0.388 e. The fourth-order valence-electron chi connectivity index (χ4n) is 3.22. The van der Waals surface area contributed by atoms with E-state index in [4.69, 9.17) is 17.2 Å². The summed E-state index contributed by atoms with van der Waals surface area (Å²) in [5, 5.41) is 28.7. The number of amidine groups is 1. The first-order valence-corrected chi connectivity index (χ1v) is 10.4. The van der Waals surface area contributed by atoms with E-state index in [1.807, 2.05) is 18.2 Å². The third kappa shape index (κ3) is 4.49. The first-order valence-electron chi connectivity index (χ1n) is 8.98. The van der Waals surface area contributed by atoms with Crippen molar-refractivity contribution in [1.29, 1.82) is 0 Å². The van der Waals surface area contributed by atoms with E-state index in [0.29, 0.717) is 18.2 Å². The fourth-order valence-corrected chi connectivity index (χ4v) is 4.71. The second-order valence-electron chi connectivity index (χ2n) is 6.60. The number of thioether (sulfide) groups is 1. The van der Waals surface area contributed by atoms with Crippen LogP contribution >= 0.6 is 24.0 Å². The maximum absolute atomic E-state index is 10.5. The lowest BCUT2D eigenvalue weighted by atomic mass is 9.93. The zero-order valence-corrected chi connectivity index (χ0v) is 16.5. The molecule has 0 saturated carbocycles. The Kier molecular flexibility index (Phi) is 6.74. The van der Waals surface area contributed by atoms with E-state index >= 15 is 0 Å². The minimum absolute atomic E-state index is 0.111. The molecule has 142 valence electrons. The van der Waals surface area contributed by atoms with Crippen LogP contribution in [0.4, 0.5) is 0 Å². The summed E-state index contributed by atoms with van der Waals surface area (Å²) in [6.07, 6.45) is -0.711. The highest BCUT2D eigenvalue weighted by atomic mass is 32.2. The second kappa shape index (κ2) is 9.03. The van der Waals surface area contributed by atoms with Gasteiger partial charge in [0.1, 0.15) is 12.2 Å². The highest BCUT2D eigenvalue weighted by molar-refractivity contribution is 8.14. The smallest absolute Gasteiger partial charge is 0.166 e. The molecule has 4 atom stereocenters. The zero-order valence-electron chi connectivity index (χ0n) is 14.8. The minimum atomic E-state index is -0.855. The summed E-state index contributed by atoms with van der Waals surface area (Å²) in [5.74, 6) is 0.733. The molecule has 2 heterocycles. The number of rotatable bonds is 5. The van der Waals surface area contributed by atoms with Crippen molar-refractivity contribution in [2.75, 3.05) is 18.8 Å². The predicted molar refractivity (Wildman–Crippen MR) is 110 cm³/mol. The van der Waals surface area contributed by atoms with Gasteiger partial charge < -0.3 is 25.7 Å². The van der Waals surface area contributed by atoms with Gasteiger partial charge in [0.15, 0.2) is 10.3 Å².